The Morgan fingerprint density at radius 2 is 1.85 bits per heavy atom. The molecule has 0 unspecified atom stereocenters. The summed E-state index contributed by atoms with van der Waals surface area (Å²) in [7, 11) is -1.86. The summed E-state index contributed by atoms with van der Waals surface area (Å²) in [5.74, 6) is 0.0797. The SMILES string of the molecule is CN1CCCN(S(=O)(=O)c2cc(NC(=O)c3ccc4c(c3)CC(=O)C(C)(C)O4)ccc2Cl)CC1. The van der Waals surface area contributed by atoms with Gasteiger partial charge in [-0.3, -0.25) is 9.59 Å². The molecule has 1 saturated heterocycles. The van der Waals surface area contributed by atoms with Crippen molar-refractivity contribution in [2.75, 3.05) is 38.5 Å². The van der Waals surface area contributed by atoms with Gasteiger partial charge in [-0.2, -0.15) is 4.31 Å². The van der Waals surface area contributed by atoms with E-state index in [0.29, 0.717) is 42.2 Å². The molecule has 1 fully saturated rings. The second kappa shape index (κ2) is 9.30. The van der Waals surface area contributed by atoms with E-state index in [4.69, 9.17) is 16.3 Å². The fraction of sp³-hybridized carbons (Fsp3) is 0.417. The van der Waals surface area contributed by atoms with E-state index in [1.54, 1.807) is 38.1 Å². The minimum absolute atomic E-state index is 0.0387. The summed E-state index contributed by atoms with van der Waals surface area (Å²) in [6.07, 6.45) is 0.906. The van der Waals surface area contributed by atoms with Gasteiger partial charge in [-0.05, 0) is 70.3 Å². The van der Waals surface area contributed by atoms with Crippen molar-refractivity contribution < 1.29 is 22.7 Å². The molecule has 34 heavy (non-hydrogen) atoms. The summed E-state index contributed by atoms with van der Waals surface area (Å²) in [6.45, 7) is 5.68. The Hall–Kier alpha value is -2.46. The lowest BCUT2D eigenvalue weighted by Gasteiger charge is -2.31. The molecule has 0 aromatic heterocycles. The van der Waals surface area contributed by atoms with Crippen molar-refractivity contribution in [1.29, 1.82) is 0 Å². The van der Waals surface area contributed by atoms with Crippen LogP contribution < -0.4 is 10.1 Å². The summed E-state index contributed by atoms with van der Waals surface area (Å²) < 4.78 is 33.8. The van der Waals surface area contributed by atoms with Crippen LogP contribution in [0.2, 0.25) is 5.02 Å². The van der Waals surface area contributed by atoms with Crippen molar-refractivity contribution in [3.63, 3.8) is 0 Å². The number of Topliss-reactive ketones (excluding diaryl/α,β-unsaturated/α-hetero) is 1. The number of likely N-dealkylation sites (N-methyl/N-ethyl adjacent to an activating group) is 1. The third-order valence-electron chi connectivity index (χ3n) is 6.20. The number of benzene rings is 2. The minimum atomic E-state index is -3.82. The largest absolute Gasteiger partial charge is 0.480 e. The zero-order valence-electron chi connectivity index (χ0n) is 19.4. The Bertz CT molecular complexity index is 1250. The van der Waals surface area contributed by atoms with Gasteiger partial charge in [0.15, 0.2) is 11.4 Å². The first-order valence-electron chi connectivity index (χ1n) is 11.1. The molecule has 2 heterocycles. The van der Waals surface area contributed by atoms with E-state index in [2.05, 4.69) is 10.2 Å². The molecule has 0 saturated carbocycles. The van der Waals surface area contributed by atoms with Crippen LogP contribution in [0.15, 0.2) is 41.3 Å². The molecule has 0 bridgehead atoms. The van der Waals surface area contributed by atoms with Crippen molar-refractivity contribution in [2.45, 2.75) is 37.2 Å². The number of sulfonamides is 1. The van der Waals surface area contributed by atoms with Crippen LogP contribution in [-0.2, 0) is 21.2 Å². The molecule has 0 atom stereocenters. The maximum Gasteiger partial charge on any atom is 0.255 e. The van der Waals surface area contributed by atoms with Crippen LogP contribution in [0.1, 0.15) is 36.2 Å². The Labute approximate surface area is 204 Å². The Kier molecular flexibility index (Phi) is 6.74. The van der Waals surface area contributed by atoms with Gasteiger partial charge in [-0.1, -0.05) is 11.6 Å². The normalized spacial score (nSPS) is 19.1. The van der Waals surface area contributed by atoms with Gasteiger partial charge in [-0.25, -0.2) is 8.42 Å². The summed E-state index contributed by atoms with van der Waals surface area (Å²) in [4.78, 5) is 27.2. The highest BCUT2D eigenvalue weighted by Crippen LogP contribution is 2.32. The number of carbonyl (C=O) groups excluding carboxylic acids is 2. The zero-order chi connectivity index (χ0) is 24.7. The quantitative estimate of drug-likeness (QED) is 0.685. The van der Waals surface area contributed by atoms with Gasteiger partial charge in [0.05, 0.1) is 5.02 Å². The van der Waals surface area contributed by atoms with Gasteiger partial charge >= 0.3 is 0 Å². The number of rotatable bonds is 4. The van der Waals surface area contributed by atoms with Crippen LogP contribution in [0.5, 0.6) is 5.75 Å². The number of hydrogen-bond donors (Lipinski definition) is 1. The fourth-order valence-electron chi connectivity index (χ4n) is 4.06. The van der Waals surface area contributed by atoms with E-state index in [-0.39, 0.29) is 22.1 Å². The van der Waals surface area contributed by atoms with Crippen LogP contribution in [0.3, 0.4) is 0 Å². The van der Waals surface area contributed by atoms with Crippen molar-refractivity contribution in [3.8, 4) is 5.75 Å². The maximum atomic E-state index is 13.3. The molecule has 1 amide bonds. The first kappa shape index (κ1) is 24.7. The van der Waals surface area contributed by atoms with E-state index in [1.807, 2.05) is 7.05 Å². The van der Waals surface area contributed by atoms with Gasteiger partial charge in [0.1, 0.15) is 10.6 Å². The van der Waals surface area contributed by atoms with Crippen molar-refractivity contribution in [2.24, 2.45) is 0 Å². The summed E-state index contributed by atoms with van der Waals surface area (Å²) in [5, 5.41) is 2.84. The minimum Gasteiger partial charge on any atom is -0.480 e. The van der Waals surface area contributed by atoms with Crippen molar-refractivity contribution in [3.05, 3.63) is 52.5 Å². The molecule has 2 aliphatic rings. The number of nitrogens with one attached hydrogen (secondary N) is 1. The average molecular weight is 506 g/mol. The highest BCUT2D eigenvalue weighted by Gasteiger charge is 2.35. The molecule has 0 spiro atoms. The topological polar surface area (TPSA) is 96.0 Å². The molecule has 8 nitrogen and oxygen atoms in total. The highest BCUT2D eigenvalue weighted by molar-refractivity contribution is 7.89. The van der Waals surface area contributed by atoms with Gasteiger partial charge in [-0.15, -0.1) is 0 Å². The molecule has 4 rings (SSSR count). The first-order valence-corrected chi connectivity index (χ1v) is 12.9. The molecule has 2 aliphatic heterocycles. The lowest BCUT2D eigenvalue weighted by Crippen LogP contribution is -2.42. The highest BCUT2D eigenvalue weighted by atomic mass is 35.5. The Balaban J connectivity index is 1.55. The number of fused-ring (bicyclic) bond motifs is 1. The number of halogens is 1. The number of anilines is 1. The molecule has 2 aromatic carbocycles. The van der Waals surface area contributed by atoms with Gasteiger partial charge < -0.3 is 15.0 Å². The van der Waals surface area contributed by atoms with E-state index < -0.39 is 21.5 Å². The van der Waals surface area contributed by atoms with Gasteiger partial charge in [0.2, 0.25) is 10.0 Å². The molecule has 10 heteroatoms. The van der Waals surface area contributed by atoms with E-state index >= 15 is 0 Å². The van der Waals surface area contributed by atoms with Crippen LogP contribution in [0, 0.1) is 0 Å². The number of nitrogens with zero attached hydrogens (tertiary/aromatic N) is 2. The van der Waals surface area contributed by atoms with E-state index in [0.717, 1.165) is 13.0 Å². The van der Waals surface area contributed by atoms with Gasteiger partial charge in [0.25, 0.3) is 5.91 Å². The monoisotopic (exact) mass is 505 g/mol. The maximum absolute atomic E-state index is 13.3. The molecule has 2 aromatic rings. The van der Waals surface area contributed by atoms with Crippen LogP contribution in [0.4, 0.5) is 5.69 Å². The smallest absolute Gasteiger partial charge is 0.255 e. The molecule has 0 radical (unpaired) electrons. The predicted octanol–water partition coefficient (Wildman–Crippen LogP) is 3.20. The van der Waals surface area contributed by atoms with Crippen LogP contribution in [0.25, 0.3) is 0 Å². The number of ether oxygens (including phenoxy) is 1. The Morgan fingerprint density at radius 3 is 2.62 bits per heavy atom. The molecule has 182 valence electrons. The number of hydrogen-bond acceptors (Lipinski definition) is 6. The third-order valence-corrected chi connectivity index (χ3v) is 8.58. The third kappa shape index (κ3) is 4.98. The van der Waals surface area contributed by atoms with E-state index in [9.17, 15) is 18.0 Å². The Morgan fingerprint density at radius 1 is 1.09 bits per heavy atom. The van der Waals surface area contributed by atoms with Crippen LogP contribution >= 0.6 is 11.6 Å². The standard InChI is InChI=1S/C24H28ClN3O5S/c1-24(2)22(29)14-17-13-16(5-8-20(17)33-24)23(30)26-18-6-7-19(25)21(15-18)34(31,32)28-10-4-9-27(3)11-12-28/h5-8,13,15H,4,9-12,14H2,1-3H3,(H,26,30). The van der Waals surface area contributed by atoms with Crippen molar-refractivity contribution >= 4 is 39.0 Å². The second-order valence-corrected chi connectivity index (χ2v) is 11.5. The average Bonchev–Trinajstić information content (AvgIpc) is 3.00. The van der Waals surface area contributed by atoms with Crippen LogP contribution in [-0.4, -0.2) is 68.1 Å². The molecule has 0 aliphatic carbocycles. The first-order chi connectivity index (χ1) is 16.0. The number of amides is 1. The molecule has 1 N–H and O–H groups in total. The number of carbonyl (C=O) groups is 2. The predicted molar refractivity (Wildman–Crippen MR) is 130 cm³/mol. The zero-order valence-corrected chi connectivity index (χ0v) is 21.0. The van der Waals surface area contributed by atoms with Gasteiger partial charge in [0, 0.05) is 42.9 Å². The fourth-order valence-corrected chi connectivity index (χ4v) is 6.03. The molecular weight excluding hydrogens is 478 g/mol. The summed E-state index contributed by atoms with van der Waals surface area (Å²) >= 11 is 6.26. The van der Waals surface area contributed by atoms with E-state index in [1.165, 1.54) is 16.4 Å². The lowest BCUT2D eigenvalue weighted by molar-refractivity contribution is -0.132. The summed E-state index contributed by atoms with van der Waals surface area (Å²) in [5.41, 5.74) is 0.392. The summed E-state index contributed by atoms with van der Waals surface area (Å²) in [6, 6.07) is 9.32. The van der Waals surface area contributed by atoms with Crippen molar-refractivity contribution in [1.82, 2.24) is 9.21 Å². The second-order valence-electron chi connectivity index (χ2n) is 9.20. The lowest BCUT2D eigenvalue weighted by atomic mass is 9.92. The molecular formula is C24H28ClN3O5S. The number of ketones is 1.